The quantitative estimate of drug-likeness (QED) is 0.581. The number of hydrogen-bond acceptors (Lipinski definition) is 6. The van der Waals surface area contributed by atoms with E-state index in [-0.39, 0.29) is 28.6 Å². The minimum Gasteiger partial charge on any atom is -0.465 e. The summed E-state index contributed by atoms with van der Waals surface area (Å²) >= 11 is 6.37. The van der Waals surface area contributed by atoms with Crippen molar-refractivity contribution in [2.45, 2.75) is 27.0 Å². The summed E-state index contributed by atoms with van der Waals surface area (Å²) in [7, 11) is 1.26. The van der Waals surface area contributed by atoms with Crippen LogP contribution in [0.1, 0.15) is 43.3 Å². The van der Waals surface area contributed by atoms with E-state index in [1.807, 2.05) is 31.2 Å². The van der Waals surface area contributed by atoms with Gasteiger partial charge < -0.3 is 13.9 Å². The summed E-state index contributed by atoms with van der Waals surface area (Å²) in [4.78, 5) is 24.2. The number of aryl methyl sites for hydroxylation is 2. The number of esters is 2. The molecule has 28 heavy (non-hydrogen) atoms. The molecule has 0 atom stereocenters. The molecule has 0 bridgehead atoms. The van der Waals surface area contributed by atoms with Crippen LogP contribution in [0.2, 0.25) is 5.15 Å². The predicted octanol–water partition coefficient (Wildman–Crippen LogP) is 3.94. The van der Waals surface area contributed by atoms with Gasteiger partial charge in [0.1, 0.15) is 16.3 Å². The molecule has 3 rings (SSSR count). The second-order valence-electron chi connectivity index (χ2n) is 6.22. The molecule has 0 spiro atoms. The van der Waals surface area contributed by atoms with Crippen molar-refractivity contribution in [2.75, 3.05) is 7.11 Å². The third-order valence-corrected chi connectivity index (χ3v) is 4.59. The molecule has 2 heterocycles. The lowest BCUT2D eigenvalue weighted by Gasteiger charge is -2.06. The van der Waals surface area contributed by atoms with E-state index in [9.17, 15) is 9.59 Å². The van der Waals surface area contributed by atoms with Crippen molar-refractivity contribution in [3.8, 4) is 0 Å². The molecule has 2 aromatic heterocycles. The van der Waals surface area contributed by atoms with Crippen LogP contribution in [0, 0.1) is 13.8 Å². The molecule has 3 aromatic rings. The van der Waals surface area contributed by atoms with Gasteiger partial charge in [-0.15, -0.1) is 0 Å². The van der Waals surface area contributed by atoms with Gasteiger partial charge in [-0.1, -0.05) is 41.4 Å². The maximum Gasteiger partial charge on any atom is 0.343 e. The number of carbonyl (C=O) groups is 2. The van der Waals surface area contributed by atoms with E-state index in [2.05, 4.69) is 9.84 Å². The van der Waals surface area contributed by atoms with Gasteiger partial charge in [0.15, 0.2) is 12.4 Å². The van der Waals surface area contributed by atoms with Crippen LogP contribution in [0.5, 0.6) is 0 Å². The zero-order chi connectivity index (χ0) is 20.3. The average molecular weight is 403 g/mol. The summed E-state index contributed by atoms with van der Waals surface area (Å²) in [5.74, 6) is -1.02. The fourth-order valence-electron chi connectivity index (χ4n) is 2.70. The van der Waals surface area contributed by atoms with E-state index in [1.165, 1.54) is 19.4 Å². The Balaban J connectivity index is 1.74. The third-order valence-electron chi connectivity index (χ3n) is 4.21. The largest absolute Gasteiger partial charge is 0.465 e. The predicted molar refractivity (Wildman–Crippen MR) is 101 cm³/mol. The van der Waals surface area contributed by atoms with E-state index in [0.717, 1.165) is 11.1 Å². The van der Waals surface area contributed by atoms with E-state index < -0.39 is 11.9 Å². The lowest BCUT2D eigenvalue weighted by Crippen LogP contribution is -2.09. The molecular formula is C20H19ClN2O5. The Labute approximate surface area is 166 Å². The number of ether oxygens (including phenoxy) is 2. The molecular weight excluding hydrogens is 384 g/mol. The summed E-state index contributed by atoms with van der Waals surface area (Å²) in [6.07, 6.45) is 1.33. The summed E-state index contributed by atoms with van der Waals surface area (Å²) in [5.41, 5.74) is 3.00. The first-order valence-electron chi connectivity index (χ1n) is 8.51. The van der Waals surface area contributed by atoms with Crippen LogP contribution in [0.15, 0.2) is 41.0 Å². The van der Waals surface area contributed by atoms with Gasteiger partial charge in [0.2, 0.25) is 0 Å². The first-order chi connectivity index (χ1) is 13.4. The number of rotatable bonds is 6. The number of aromatic nitrogens is 2. The number of benzene rings is 1. The zero-order valence-corrected chi connectivity index (χ0v) is 16.4. The van der Waals surface area contributed by atoms with Crippen LogP contribution in [-0.2, 0) is 22.6 Å². The number of furan rings is 1. The van der Waals surface area contributed by atoms with Gasteiger partial charge in [-0.05, 0) is 25.5 Å². The Bertz CT molecular complexity index is 1000. The maximum absolute atomic E-state index is 12.5. The molecule has 0 amide bonds. The fraction of sp³-hybridized carbons (Fsp3) is 0.250. The van der Waals surface area contributed by atoms with Crippen molar-refractivity contribution in [3.05, 3.63) is 75.5 Å². The smallest absolute Gasteiger partial charge is 0.343 e. The summed E-state index contributed by atoms with van der Waals surface area (Å²) in [6, 6.07) is 9.40. The number of hydrogen-bond donors (Lipinski definition) is 0. The molecule has 0 saturated heterocycles. The number of methoxy groups -OCH3 is 1. The highest BCUT2D eigenvalue weighted by atomic mass is 35.5. The first kappa shape index (κ1) is 19.7. The normalized spacial score (nSPS) is 10.7. The highest BCUT2D eigenvalue weighted by Gasteiger charge is 2.23. The Morgan fingerprint density at radius 3 is 2.54 bits per heavy atom. The molecule has 0 fully saturated rings. The lowest BCUT2D eigenvalue weighted by molar-refractivity contribution is 0.0431. The second-order valence-corrected chi connectivity index (χ2v) is 6.58. The van der Waals surface area contributed by atoms with Crippen molar-refractivity contribution in [1.29, 1.82) is 0 Å². The molecule has 0 radical (unpaired) electrons. The molecule has 1 aromatic carbocycles. The minimum atomic E-state index is -0.648. The molecule has 0 aliphatic rings. The van der Waals surface area contributed by atoms with E-state index in [1.54, 1.807) is 11.6 Å². The molecule has 8 heteroatoms. The van der Waals surface area contributed by atoms with Gasteiger partial charge >= 0.3 is 11.9 Å². The highest BCUT2D eigenvalue weighted by molar-refractivity contribution is 6.32. The van der Waals surface area contributed by atoms with Crippen molar-refractivity contribution in [1.82, 2.24) is 9.78 Å². The van der Waals surface area contributed by atoms with Crippen LogP contribution < -0.4 is 0 Å². The van der Waals surface area contributed by atoms with Crippen LogP contribution in [0.3, 0.4) is 0 Å². The highest BCUT2D eigenvalue weighted by Crippen LogP contribution is 2.23. The van der Waals surface area contributed by atoms with Crippen molar-refractivity contribution in [2.24, 2.45) is 0 Å². The van der Waals surface area contributed by atoms with Gasteiger partial charge in [0.05, 0.1) is 25.6 Å². The van der Waals surface area contributed by atoms with E-state index in [0.29, 0.717) is 12.2 Å². The maximum atomic E-state index is 12.5. The van der Waals surface area contributed by atoms with E-state index >= 15 is 0 Å². The van der Waals surface area contributed by atoms with Gasteiger partial charge in [-0.2, -0.15) is 5.10 Å². The number of nitrogens with zero attached hydrogens (tertiary/aromatic N) is 2. The molecule has 7 nitrogen and oxygen atoms in total. The van der Waals surface area contributed by atoms with E-state index in [4.69, 9.17) is 20.8 Å². The third kappa shape index (κ3) is 4.09. The Hall–Kier alpha value is -3.06. The van der Waals surface area contributed by atoms with Crippen molar-refractivity contribution >= 4 is 23.5 Å². The van der Waals surface area contributed by atoms with Crippen LogP contribution in [0.4, 0.5) is 0 Å². The van der Waals surface area contributed by atoms with Crippen molar-refractivity contribution < 1.29 is 23.5 Å². The molecule has 146 valence electrons. The molecule has 0 unspecified atom stereocenters. The van der Waals surface area contributed by atoms with Crippen molar-refractivity contribution in [3.63, 3.8) is 0 Å². The molecule has 0 aliphatic carbocycles. The number of halogens is 1. The Kier molecular flexibility index (Phi) is 5.84. The Morgan fingerprint density at radius 1 is 1.14 bits per heavy atom. The molecule has 0 saturated carbocycles. The minimum absolute atomic E-state index is 0.181. The topological polar surface area (TPSA) is 83.6 Å². The van der Waals surface area contributed by atoms with Crippen LogP contribution in [-0.4, -0.2) is 28.8 Å². The molecule has 0 N–H and O–H groups in total. The van der Waals surface area contributed by atoms with Crippen LogP contribution >= 0.6 is 11.6 Å². The molecule has 0 aliphatic heterocycles. The fourth-order valence-corrected chi connectivity index (χ4v) is 3.02. The second kappa shape index (κ2) is 8.31. The monoisotopic (exact) mass is 402 g/mol. The first-order valence-corrected chi connectivity index (χ1v) is 8.88. The Morgan fingerprint density at radius 2 is 1.86 bits per heavy atom. The van der Waals surface area contributed by atoms with Gasteiger partial charge in [0, 0.05) is 0 Å². The summed E-state index contributed by atoms with van der Waals surface area (Å²) in [5, 5.41) is 4.53. The zero-order valence-electron chi connectivity index (χ0n) is 15.7. The SMILES string of the molecule is COC(=O)c1ccoc1COC(=O)c1c(C)nn(Cc2ccc(C)cc2)c1Cl. The van der Waals surface area contributed by atoms with Gasteiger partial charge in [0.25, 0.3) is 0 Å². The standard InChI is InChI=1S/C20H19ClN2O5/c1-12-4-6-14(7-5-12)10-23-18(21)17(13(2)22-23)20(25)28-11-16-15(8-9-27-16)19(24)26-3/h4-9H,10-11H2,1-3H3. The van der Waals surface area contributed by atoms with Crippen LogP contribution in [0.25, 0.3) is 0 Å². The van der Waals surface area contributed by atoms with Gasteiger partial charge in [-0.25, -0.2) is 14.3 Å². The average Bonchev–Trinajstić information content (AvgIpc) is 3.25. The summed E-state index contributed by atoms with van der Waals surface area (Å²) in [6.45, 7) is 3.89. The number of carbonyl (C=O) groups excluding carboxylic acids is 2. The van der Waals surface area contributed by atoms with Gasteiger partial charge in [-0.3, -0.25) is 0 Å². The lowest BCUT2D eigenvalue weighted by atomic mass is 10.1. The summed E-state index contributed by atoms with van der Waals surface area (Å²) < 4.78 is 16.7.